The van der Waals surface area contributed by atoms with Crippen LogP contribution in [0.1, 0.15) is 152 Å². The molecule has 0 radical (unpaired) electrons. The number of hydrogen-bond acceptors (Lipinski definition) is 12. The first kappa shape index (κ1) is 71.5. The van der Waals surface area contributed by atoms with E-state index < -0.39 is 137 Å². The van der Waals surface area contributed by atoms with Gasteiger partial charge in [0.2, 0.25) is 41.4 Å². The average Bonchev–Trinajstić information content (AvgIpc) is 4.24. The number of aliphatic hydroxyl groups is 1. The molecule has 20 nitrogen and oxygen atoms in total. The lowest BCUT2D eigenvalue weighted by Crippen LogP contribution is -2.63. The van der Waals surface area contributed by atoms with Crippen molar-refractivity contribution in [2.75, 3.05) is 34.7 Å². The molecule has 2 aliphatic rings. The molecule has 8 amide bonds. The molecule has 0 aliphatic carbocycles. The van der Waals surface area contributed by atoms with Gasteiger partial charge in [0.1, 0.15) is 42.3 Å². The van der Waals surface area contributed by atoms with Crippen molar-refractivity contribution in [2.24, 2.45) is 29.6 Å². The van der Waals surface area contributed by atoms with Crippen molar-refractivity contribution in [2.45, 2.75) is 208 Å². The number of carbonyl (C=O) groups excluding carboxylic acids is 9. The summed E-state index contributed by atoms with van der Waals surface area (Å²) in [4.78, 5) is 147. The third-order valence-electron chi connectivity index (χ3n) is 17.6. The molecular weight excluding hydrogens is 1120 g/mol. The Hall–Kier alpha value is -7.22. The zero-order valence-corrected chi connectivity index (χ0v) is 55.5. The molecule has 20 heteroatoms. The van der Waals surface area contributed by atoms with Crippen LogP contribution in [0.25, 0.3) is 11.1 Å². The number of cyclic esters (lactones) is 1. The zero-order chi connectivity index (χ0) is 65.8. The molecule has 3 heterocycles. The number of hydrogen-bond donors (Lipinski definition) is 4. The highest BCUT2D eigenvalue weighted by Gasteiger charge is 2.48. The van der Waals surface area contributed by atoms with E-state index in [9.17, 15) is 19.5 Å². The molecule has 2 aliphatic heterocycles. The largest absolute Gasteiger partial charge is 0.450 e. The van der Waals surface area contributed by atoms with Crippen LogP contribution in [-0.2, 0) is 60.7 Å². The van der Waals surface area contributed by atoms with E-state index in [1.54, 1.807) is 59.9 Å². The van der Waals surface area contributed by atoms with Gasteiger partial charge in [0.05, 0.1) is 5.60 Å². The molecule has 484 valence electrons. The third-order valence-corrected chi connectivity index (χ3v) is 17.6. The van der Waals surface area contributed by atoms with Crippen molar-refractivity contribution in [3.63, 3.8) is 0 Å². The molecule has 2 saturated heterocycles. The van der Waals surface area contributed by atoms with Gasteiger partial charge >= 0.3 is 5.97 Å². The molecule has 2 unspecified atom stereocenters. The summed E-state index contributed by atoms with van der Waals surface area (Å²) in [7, 11) is 5.69. The number of nitrogens with one attached hydrogen (secondary N) is 3. The maximum atomic E-state index is 15.7. The average molecular weight is 1220 g/mol. The first-order chi connectivity index (χ1) is 41.2. The van der Waals surface area contributed by atoms with Gasteiger partial charge in [-0.15, -0.1) is 0 Å². The van der Waals surface area contributed by atoms with Gasteiger partial charge in [-0.1, -0.05) is 144 Å². The number of nitrogens with zero attached hydrogens (tertiary/aromatic N) is 6. The number of carbonyl (C=O) groups is 9. The molecular formula is C68H101N9O11. The molecule has 0 bridgehead atoms. The predicted molar refractivity (Wildman–Crippen MR) is 339 cm³/mol. The van der Waals surface area contributed by atoms with Gasteiger partial charge in [-0.05, 0) is 104 Å². The SMILES string of the molecule is CC[C@H](C)[C@@H]1NC(=O)[C@@H]2CCCN2C(=O)[C@H](Cc2cccc(-c3ccnc(C(C)C)c3)c2)N(C)C(=O)[C@H](Cc2ccccc2)NC(=O)C(C(C)C)N(C)C(=O)[C@@H]([C@@H](C)CC)OC(=O)[C@H](C(C)(C)O)N(C)C(=O)[C@H](CC(C)C)NC(=O)C(C(C)C)N(C)C1=O. The van der Waals surface area contributed by atoms with Crippen LogP contribution in [0.5, 0.6) is 0 Å². The molecule has 88 heavy (non-hydrogen) atoms. The predicted octanol–water partition coefficient (Wildman–Crippen LogP) is 6.56. The fraction of sp³-hybridized carbons (Fsp3) is 0.618. The summed E-state index contributed by atoms with van der Waals surface area (Å²) in [6.45, 7) is 24.8. The van der Waals surface area contributed by atoms with Crippen LogP contribution in [0.15, 0.2) is 72.9 Å². The van der Waals surface area contributed by atoms with Gasteiger partial charge in [-0.2, -0.15) is 0 Å². The van der Waals surface area contributed by atoms with Gasteiger partial charge in [-0.3, -0.25) is 43.3 Å². The van der Waals surface area contributed by atoms with E-state index in [1.165, 1.54) is 61.6 Å². The Morgan fingerprint density at radius 1 is 0.602 bits per heavy atom. The van der Waals surface area contributed by atoms with Crippen LogP contribution in [-0.4, -0.2) is 183 Å². The highest BCUT2D eigenvalue weighted by atomic mass is 16.6. The minimum Gasteiger partial charge on any atom is -0.450 e. The second-order valence-electron chi connectivity index (χ2n) is 26.5. The number of pyridine rings is 1. The minimum absolute atomic E-state index is 0.0133. The molecule has 0 spiro atoms. The Labute approximate surface area is 522 Å². The minimum atomic E-state index is -1.98. The van der Waals surface area contributed by atoms with Crippen molar-refractivity contribution in [1.82, 2.24) is 45.4 Å². The molecule has 4 N–H and O–H groups in total. The summed E-state index contributed by atoms with van der Waals surface area (Å²) in [6.07, 6.45) is 1.67. The van der Waals surface area contributed by atoms with E-state index in [2.05, 4.69) is 34.8 Å². The summed E-state index contributed by atoms with van der Waals surface area (Å²) in [6, 6.07) is 10.3. The number of likely N-dealkylation sites (N-methyl/N-ethyl adjacent to an activating group) is 4. The van der Waals surface area contributed by atoms with E-state index in [0.29, 0.717) is 30.4 Å². The van der Waals surface area contributed by atoms with E-state index in [1.807, 2.05) is 82.3 Å². The molecule has 3 aromatic rings. The Morgan fingerprint density at radius 3 is 1.72 bits per heavy atom. The van der Waals surface area contributed by atoms with E-state index in [0.717, 1.165) is 21.7 Å². The Morgan fingerprint density at radius 2 is 1.16 bits per heavy atom. The fourth-order valence-corrected chi connectivity index (χ4v) is 12.2. The number of fused-ring (bicyclic) bond motifs is 1. The van der Waals surface area contributed by atoms with Crippen molar-refractivity contribution in [1.29, 1.82) is 0 Å². The van der Waals surface area contributed by atoms with Crippen LogP contribution in [0.4, 0.5) is 0 Å². The lowest BCUT2D eigenvalue weighted by Gasteiger charge is -2.39. The highest BCUT2D eigenvalue weighted by molar-refractivity contribution is 5.99. The standard InChI is InChI=1S/C68H101N9O11/c1-19-43(11)54-65(84)74(16)55(41(7)8)60(79)70-50(34-39(3)4)63(82)76(18)58(68(13,14)87)67(86)88-57(44(12)20-2)66(85)75(17)56(42(9)10)61(80)71-51(36-45-26-22-21-23-27-45)62(81)73(15)53(64(83)77-33-25-30-52(77)59(78)72-54)37-46-28-24-29-47(35-46)48-31-32-69-49(38-48)40(5)6/h21-24,26-29,31-32,35,38-44,50-58,87H,19-20,25,30,33-34,36-37H2,1-18H3,(H,70,79)(H,71,80)(H,72,78)/t43-,44-,50-,51-,52-,53-,54-,55?,56?,57+,58+/m0/s1. The Kier molecular flexibility index (Phi) is 25.4. The first-order valence-corrected chi connectivity index (χ1v) is 31.6. The molecule has 2 fully saturated rings. The van der Waals surface area contributed by atoms with E-state index >= 15 is 28.8 Å². The normalized spacial score (nSPS) is 25.1. The van der Waals surface area contributed by atoms with Gasteiger partial charge in [-0.25, -0.2) is 4.79 Å². The van der Waals surface area contributed by atoms with Crippen LogP contribution in [0.3, 0.4) is 0 Å². The summed E-state index contributed by atoms with van der Waals surface area (Å²) in [5.41, 5.74) is 2.04. The molecule has 5 rings (SSSR count). The fourth-order valence-electron chi connectivity index (χ4n) is 12.2. The van der Waals surface area contributed by atoms with Crippen LogP contribution < -0.4 is 16.0 Å². The molecule has 2 aromatic carbocycles. The van der Waals surface area contributed by atoms with Crippen molar-refractivity contribution in [3.05, 3.63) is 89.7 Å². The van der Waals surface area contributed by atoms with Crippen molar-refractivity contribution in [3.8, 4) is 11.1 Å². The Bertz CT molecular complexity index is 2930. The maximum Gasteiger partial charge on any atom is 0.332 e. The third kappa shape index (κ3) is 17.6. The highest BCUT2D eigenvalue weighted by Crippen LogP contribution is 2.29. The summed E-state index contributed by atoms with van der Waals surface area (Å²) < 4.78 is 6.14. The second kappa shape index (κ2) is 31.3. The lowest BCUT2D eigenvalue weighted by atomic mass is 9.93. The molecule has 11 atom stereocenters. The van der Waals surface area contributed by atoms with Crippen LogP contribution >= 0.6 is 0 Å². The van der Waals surface area contributed by atoms with Gasteiger partial charge in [0.25, 0.3) is 5.91 Å². The van der Waals surface area contributed by atoms with E-state index in [-0.39, 0.29) is 44.1 Å². The van der Waals surface area contributed by atoms with Crippen molar-refractivity contribution < 1.29 is 53.0 Å². The first-order valence-electron chi connectivity index (χ1n) is 31.6. The number of ether oxygens (including phenoxy) is 1. The summed E-state index contributed by atoms with van der Waals surface area (Å²) >= 11 is 0. The Balaban J connectivity index is 1.74. The van der Waals surface area contributed by atoms with E-state index in [4.69, 9.17) is 4.74 Å². The number of benzene rings is 2. The summed E-state index contributed by atoms with van der Waals surface area (Å²) in [5, 5.41) is 20.6. The second-order valence-corrected chi connectivity index (χ2v) is 26.5. The van der Waals surface area contributed by atoms with Crippen molar-refractivity contribution >= 4 is 53.2 Å². The maximum absolute atomic E-state index is 15.7. The van der Waals surface area contributed by atoms with Gasteiger partial charge < -0.3 is 50.3 Å². The zero-order valence-electron chi connectivity index (χ0n) is 55.5. The smallest absolute Gasteiger partial charge is 0.332 e. The van der Waals surface area contributed by atoms with Crippen LogP contribution in [0.2, 0.25) is 0 Å². The number of amides is 8. The number of esters is 1. The van der Waals surface area contributed by atoms with Gasteiger partial charge in [0, 0.05) is 65.4 Å². The lowest BCUT2D eigenvalue weighted by molar-refractivity contribution is -0.177. The molecule has 1 aromatic heterocycles. The topological polar surface area (TPSA) is 248 Å². The number of aromatic nitrogens is 1. The monoisotopic (exact) mass is 1220 g/mol. The van der Waals surface area contributed by atoms with Gasteiger partial charge in [0.15, 0.2) is 12.1 Å². The number of rotatable bonds is 15. The quantitative estimate of drug-likeness (QED) is 0.118. The van der Waals surface area contributed by atoms with Crippen LogP contribution in [0, 0.1) is 29.6 Å². The summed E-state index contributed by atoms with van der Waals surface area (Å²) in [5.74, 6) is -8.68. The molecule has 0 saturated carbocycles.